The minimum Gasteiger partial charge on any atom is -0.493 e. The van der Waals surface area contributed by atoms with Gasteiger partial charge in [0.1, 0.15) is 0 Å². The van der Waals surface area contributed by atoms with E-state index in [1.54, 1.807) is 0 Å². The van der Waals surface area contributed by atoms with Gasteiger partial charge in [0, 0.05) is 11.6 Å². The molecule has 30 heavy (non-hydrogen) atoms. The monoisotopic (exact) mass is 417 g/mol. The van der Waals surface area contributed by atoms with Crippen molar-refractivity contribution in [3.8, 4) is 11.5 Å². The number of nitrogens with zero attached hydrogens (tertiary/aromatic N) is 1. The van der Waals surface area contributed by atoms with Gasteiger partial charge in [-0.15, -0.1) is 0 Å². The van der Waals surface area contributed by atoms with Crippen molar-refractivity contribution >= 4 is 17.6 Å². The first-order valence-corrected chi connectivity index (χ1v) is 10.4. The maximum atomic E-state index is 12.5. The van der Waals surface area contributed by atoms with Gasteiger partial charge in [0.05, 0.1) is 18.1 Å². The fraction of sp³-hybridized carbons (Fsp3) is 0.619. The third kappa shape index (κ3) is 4.06. The predicted octanol–water partition coefficient (Wildman–Crippen LogP) is 3.17. The Kier molecular flexibility index (Phi) is 5.29. The molecule has 0 aliphatic heterocycles. The van der Waals surface area contributed by atoms with Crippen molar-refractivity contribution in [2.24, 2.45) is 17.8 Å². The van der Waals surface area contributed by atoms with Gasteiger partial charge in [-0.25, -0.2) is 4.79 Å². The molecule has 0 heterocycles. The van der Waals surface area contributed by atoms with Crippen LogP contribution in [0.5, 0.6) is 11.5 Å². The van der Waals surface area contributed by atoms with Gasteiger partial charge < -0.3 is 14.8 Å². The molecule has 0 spiro atoms. The number of hydrogen-bond acceptors (Lipinski definition) is 6. The Hall–Kier alpha value is -2.84. The first kappa shape index (κ1) is 20.4. The normalized spacial score (nSPS) is 29.7. The lowest BCUT2D eigenvalue weighted by Crippen LogP contribution is -2.62. The topological polar surface area (TPSA) is 120 Å². The average molecular weight is 417 g/mol. The zero-order valence-corrected chi connectivity index (χ0v) is 17.2. The zero-order chi connectivity index (χ0) is 21.5. The van der Waals surface area contributed by atoms with Crippen LogP contribution in [0.4, 0.5) is 10.5 Å². The maximum absolute atomic E-state index is 12.5. The second-order valence-electron chi connectivity index (χ2n) is 8.99. The molecule has 4 saturated carbocycles. The van der Waals surface area contributed by atoms with E-state index in [-0.39, 0.29) is 22.7 Å². The number of carbonyl (C=O) groups excluding carboxylic acids is 2. The van der Waals surface area contributed by atoms with Gasteiger partial charge in [-0.2, -0.15) is 0 Å². The third-order valence-electron chi connectivity index (χ3n) is 6.68. The molecule has 1 aromatic rings. The summed E-state index contributed by atoms with van der Waals surface area (Å²) in [4.78, 5) is 35.5. The van der Waals surface area contributed by atoms with Gasteiger partial charge in [-0.1, -0.05) is 0 Å². The Labute approximate surface area is 174 Å². The summed E-state index contributed by atoms with van der Waals surface area (Å²) in [6.45, 7) is 1.48. The lowest BCUT2D eigenvalue weighted by molar-refractivity contribution is -0.385. The second-order valence-corrected chi connectivity index (χ2v) is 8.99. The Balaban J connectivity index is 1.36. The fourth-order valence-electron chi connectivity index (χ4n) is 5.86. The average Bonchev–Trinajstić information content (AvgIpc) is 2.66. The number of hydrogen-bond donors (Lipinski definition) is 2. The summed E-state index contributed by atoms with van der Waals surface area (Å²) in [5.41, 5.74) is -0.384. The first-order chi connectivity index (χ1) is 14.3. The standard InChI is InChI=1S/C21H27N3O6/c1-12(30-18-8-16(24(27)28)3-4-17(18)29-2)19(25)22-20(26)23-21-9-13-5-14(10-21)7-15(6-13)11-21/h3-4,8,12-15H,5-7,9-11H2,1-2H3,(H2,22,23,25,26). The molecular weight excluding hydrogens is 390 g/mol. The summed E-state index contributed by atoms with van der Waals surface area (Å²) in [5, 5.41) is 16.4. The molecule has 4 bridgehead atoms. The van der Waals surface area contributed by atoms with E-state index in [0.717, 1.165) is 19.3 Å². The van der Waals surface area contributed by atoms with E-state index >= 15 is 0 Å². The third-order valence-corrected chi connectivity index (χ3v) is 6.68. The van der Waals surface area contributed by atoms with Gasteiger partial charge in [-0.05, 0) is 69.3 Å². The molecule has 5 rings (SSSR count). The van der Waals surface area contributed by atoms with Crippen LogP contribution in [0.1, 0.15) is 45.4 Å². The molecule has 9 nitrogen and oxygen atoms in total. The Bertz CT molecular complexity index is 835. The lowest BCUT2D eigenvalue weighted by atomic mass is 9.53. The molecular formula is C21H27N3O6. The molecule has 1 unspecified atom stereocenters. The molecule has 0 radical (unpaired) electrons. The van der Waals surface area contributed by atoms with E-state index in [0.29, 0.717) is 17.8 Å². The number of benzene rings is 1. The van der Waals surface area contributed by atoms with Crippen LogP contribution >= 0.6 is 0 Å². The molecule has 9 heteroatoms. The van der Waals surface area contributed by atoms with Crippen LogP contribution in [-0.2, 0) is 4.79 Å². The number of imide groups is 1. The summed E-state index contributed by atoms with van der Waals surface area (Å²) in [6, 6.07) is 3.37. The highest BCUT2D eigenvalue weighted by Gasteiger charge is 2.51. The van der Waals surface area contributed by atoms with Crippen LogP contribution in [-0.4, -0.2) is 35.6 Å². The summed E-state index contributed by atoms with van der Waals surface area (Å²) >= 11 is 0. The largest absolute Gasteiger partial charge is 0.493 e. The number of non-ortho nitro benzene ring substituents is 1. The van der Waals surface area contributed by atoms with E-state index in [1.165, 1.54) is 51.5 Å². The number of nitro groups is 1. The van der Waals surface area contributed by atoms with Gasteiger partial charge in [0.15, 0.2) is 17.6 Å². The summed E-state index contributed by atoms with van der Waals surface area (Å²) in [6.07, 6.45) is 5.70. The minimum absolute atomic E-state index is 0.0656. The van der Waals surface area contributed by atoms with Crippen LogP contribution < -0.4 is 20.1 Å². The van der Waals surface area contributed by atoms with E-state index < -0.39 is 23.0 Å². The van der Waals surface area contributed by atoms with Gasteiger partial charge in [0.25, 0.3) is 11.6 Å². The molecule has 4 fully saturated rings. The minimum atomic E-state index is -1.04. The molecule has 4 aliphatic rings. The van der Waals surface area contributed by atoms with Crippen LogP contribution in [0.3, 0.4) is 0 Å². The van der Waals surface area contributed by atoms with Crippen LogP contribution in [0, 0.1) is 27.9 Å². The first-order valence-electron chi connectivity index (χ1n) is 10.4. The Morgan fingerprint density at radius 2 is 1.73 bits per heavy atom. The Morgan fingerprint density at radius 3 is 2.27 bits per heavy atom. The number of carbonyl (C=O) groups is 2. The molecule has 3 amide bonds. The molecule has 162 valence electrons. The number of methoxy groups -OCH3 is 1. The Morgan fingerprint density at radius 1 is 1.13 bits per heavy atom. The molecule has 2 N–H and O–H groups in total. The van der Waals surface area contributed by atoms with Crippen molar-refractivity contribution < 1.29 is 24.0 Å². The van der Waals surface area contributed by atoms with Crippen molar-refractivity contribution in [2.45, 2.75) is 57.1 Å². The summed E-state index contributed by atoms with van der Waals surface area (Å²) < 4.78 is 10.7. The molecule has 1 aromatic carbocycles. The van der Waals surface area contributed by atoms with E-state index in [2.05, 4.69) is 10.6 Å². The van der Waals surface area contributed by atoms with Gasteiger partial charge >= 0.3 is 6.03 Å². The van der Waals surface area contributed by atoms with Gasteiger partial charge in [0.2, 0.25) is 0 Å². The number of amides is 3. The van der Waals surface area contributed by atoms with Crippen LogP contribution in [0.25, 0.3) is 0 Å². The quantitative estimate of drug-likeness (QED) is 0.542. The van der Waals surface area contributed by atoms with Crippen molar-refractivity contribution in [3.05, 3.63) is 28.3 Å². The number of nitro benzene ring substituents is 1. The maximum Gasteiger partial charge on any atom is 0.321 e. The van der Waals surface area contributed by atoms with E-state index in [4.69, 9.17) is 9.47 Å². The van der Waals surface area contributed by atoms with Crippen molar-refractivity contribution in [1.82, 2.24) is 10.6 Å². The van der Waals surface area contributed by atoms with Crippen molar-refractivity contribution in [2.75, 3.05) is 7.11 Å². The fourth-order valence-corrected chi connectivity index (χ4v) is 5.86. The number of urea groups is 1. The number of nitrogens with one attached hydrogen (secondary N) is 2. The highest BCUT2D eigenvalue weighted by Crippen LogP contribution is 2.55. The molecule has 0 aromatic heterocycles. The smallest absolute Gasteiger partial charge is 0.321 e. The van der Waals surface area contributed by atoms with Crippen molar-refractivity contribution in [3.63, 3.8) is 0 Å². The molecule has 0 saturated heterocycles. The highest BCUT2D eigenvalue weighted by molar-refractivity contribution is 5.96. The predicted molar refractivity (Wildman–Crippen MR) is 107 cm³/mol. The lowest BCUT2D eigenvalue weighted by Gasteiger charge is -2.56. The highest BCUT2D eigenvalue weighted by atomic mass is 16.6. The SMILES string of the molecule is COc1ccc([N+](=O)[O-])cc1OC(C)C(=O)NC(=O)NC12CC3CC(CC(C3)C1)C2. The second kappa shape index (κ2) is 7.77. The zero-order valence-electron chi connectivity index (χ0n) is 17.2. The summed E-state index contributed by atoms with van der Waals surface area (Å²) in [5.74, 6) is 1.74. The number of ether oxygens (including phenoxy) is 2. The van der Waals surface area contributed by atoms with Crippen LogP contribution in [0.2, 0.25) is 0 Å². The van der Waals surface area contributed by atoms with Crippen LogP contribution in [0.15, 0.2) is 18.2 Å². The van der Waals surface area contributed by atoms with Crippen molar-refractivity contribution in [1.29, 1.82) is 0 Å². The molecule has 4 aliphatic carbocycles. The van der Waals surface area contributed by atoms with E-state index in [1.807, 2.05) is 0 Å². The molecule has 1 atom stereocenters. The summed E-state index contributed by atoms with van der Waals surface area (Å²) in [7, 11) is 1.40. The van der Waals surface area contributed by atoms with E-state index in [9.17, 15) is 19.7 Å². The number of rotatable bonds is 6. The van der Waals surface area contributed by atoms with Gasteiger partial charge in [-0.3, -0.25) is 20.2 Å².